The van der Waals surface area contributed by atoms with E-state index in [0.29, 0.717) is 17.5 Å². The molecule has 12 rings (SSSR count). The molecule has 0 unspecified atom stereocenters. The van der Waals surface area contributed by atoms with Gasteiger partial charge in [0, 0.05) is 72.7 Å². The molecule has 0 spiro atoms. The number of benzene rings is 10. The van der Waals surface area contributed by atoms with Gasteiger partial charge in [-0.15, -0.1) is 0 Å². The number of hydrogen-bond donors (Lipinski definition) is 0. The van der Waals surface area contributed by atoms with Crippen molar-refractivity contribution in [3.8, 4) is 39.9 Å². The van der Waals surface area contributed by atoms with Crippen LogP contribution in [-0.2, 0) is 0 Å². The molecule has 72 heavy (non-hydrogen) atoms. The summed E-state index contributed by atoms with van der Waals surface area (Å²) in [5.74, 6) is 1.85. The number of anilines is 5. The molecule has 2 aromatic heterocycles. The van der Waals surface area contributed by atoms with E-state index in [1.54, 1.807) is 0 Å². The lowest BCUT2D eigenvalue weighted by molar-refractivity contribution is 1.08. The maximum Gasteiger partial charge on any atom is 0.165 e. The van der Waals surface area contributed by atoms with Gasteiger partial charge in [0.2, 0.25) is 0 Å². The zero-order valence-electron chi connectivity index (χ0n) is 39.7. The summed E-state index contributed by atoms with van der Waals surface area (Å²) < 4.78 is 2.45. The van der Waals surface area contributed by atoms with Crippen molar-refractivity contribution in [1.29, 1.82) is 0 Å². The topological polar surface area (TPSA) is 50.1 Å². The van der Waals surface area contributed by atoms with E-state index in [1.165, 1.54) is 0 Å². The third-order valence-electron chi connectivity index (χ3n) is 13.3. The van der Waals surface area contributed by atoms with Crippen LogP contribution in [0, 0.1) is 6.92 Å². The second-order valence-electron chi connectivity index (χ2n) is 17.7. The molecule has 0 aliphatic carbocycles. The first-order chi connectivity index (χ1) is 35.6. The first-order valence-electron chi connectivity index (χ1n) is 24.2. The molecule has 12 aromatic rings. The number of nitrogens with zero attached hydrogens (tertiary/aromatic N) is 6. The Hall–Kier alpha value is -9.65. The Labute approximate surface area is 419 Å². The molecule has 0 saturated carbocycles. The van der Waals surface area contributed by atoms with E-state index in [-0.39, 0.29) is 0 Å². The van der Waals surface area contributed by atoms with E-state index < -0.39 is 0 Å². The molecule has 10 aromatic carbocycles. The highest BCUT2D eigenvalue weighted by Gasteiger charge is 2.25. The molecule has 0 fully saturated rings. The summed E-state index contributed by atoms with van der Waals surface area (Å²) in [7, 11) is 0. The van der Waals surface area contributed by atoms with Gasteiger partial charge in [-0.2, -0.15) is 0 Å². The summed E-state index contributed by atoms with van der Waals surface area (Å²) in [6, 6.07) is 86.6. The Balaban J connectivity index is 1.12. The summed E-state index contributed by atoms with van der Waals surface area (Å²) >= 11 is 0. The summed E-state index contributed by atoms with van der Waals surface area (Å²) in [5, 5.41) is 5.32. The Morgan fingerprint density at radius 2 is 0.819 bits per heavy atom. The Morgan fingerprint density at radius 3 is 1.29 bits per heavy atom. The van der Waals surface area contributed by atoms with Crippen LogP contribution in [0.2, 0.25) is 0 Å². The highest BCUT2D eigenvalue weighted by molar-refractivity contribution is 6.18. The fraction of sp³-hybridized carbons (Fsp3) is 0.0152. The molecule has 2 heterocycles. The van der Waals surface area contributed by atoms with E-state index in [9.17, 15) is 0 Å². The molecule has 6 heteroatoms. The maximum absolute atomic E-state index is 5.31. The van der Waals surface area contributed by atoms with Crippen molar-refractivity contribution in [2.45, 2.75) is 6.92 Å². The summed E-state index contributed by atoms with van der Waals surface area (Å²) in [4.78, 5) is 20.2. The Kier molecular flexibility index (Phi) is 11.5. The molecule has 0 radical (unpaired) electrons. The maximum atomic E-state index is 5.31. The SMILES string of the molecule is C=C(/C=C\c1c(C)c2cc(N(c3ccccc3)c3ccccc3)ccc2n1-c1c2ccccc2c(-c2nc(-c3ccccc3)nc(-c3ccccc3)n2)c2ccccc12)N(c1ccccc1)c1ccccc1. The van der Waals surface area contributed by atoms with Crippen molar-refractivity contribution in [2.24, 2.45) is 0 Å². The van der Waals surface area contributed by atoms with Gasteiger partial charge in [-0.1, -0.05) is 189 Å². The number of rotatable bonds is 12. The highest BCUT2D eigenvalue weighted by Crippen LogP contribution is 2.45. The second-order valence-corrected chi connectivity index (χ2v) is 17.7. The largest absolute Gasteiger partial charge is 0.311 e. The minimum Gasteiger partial charge on any atom is -0.311 e. The summed E-state index contributed by atoms with van der Waals surface area (Å²) in [6.07, 6.45) is 4.39. The van der Waals surface area contributed by atoms with Crippen LogP contribution in [0.4, 0.5) is 28.4 Å². The lowest BCUT2D eigenvalue weighted by Crippen LogP contribution is -2.14. The third kappa shape index (κ3) is 8.07. The van der Waals surface area contributed by atoms with Crippen molar-refractivity contribution < 1.29 is 0 Å². The van der Waals surface area contributed by atoms with E-state index in [0.717, 1.165) is 100 Å². The van der Waals surface area contributed by atoms with Crippen LogP contribution in [0.3, 0.4) is 0 Å². The van der Waals surface area contributed by atoms with Crippen LogP contribution < -0.4 is 9.80 Å². The van der Waals surface area contributed by atoms with Gasteiger partial charge in [-0.05, 0) is 102 Å². The van der Waals surface area contributed by atoms with Crippen molar-refractivity contribution in [2.75, 3.05) is 9.80 Å². The molecule has 0 atom stereocenters. The molecule has 342 valence electrons. The van der Waals surface area contributed by atoms with Gasteiger partial charge in [-0.3, -0.25) is 0 Å². The number of aromatic nitrogens is 4. The van der Waals surface area contributed by atoms with Crippen molar-refractivity contribution in [1.82, 2.24) is 19.5 Å². The molecule has 0 saturated heterocycles. The smallest absolute Gasteiger partial charge is 0.165 e. The van der Waals surface area contributed by atoms with Crippen LogP contribution in [0.25, 0.3) is 78.4 Å². The van der Waals surface area contributed by atoms with Crippen LogP contribution in [0.5, 0.6) is 0 Å². The van der Waals surface area contributed by atoms with Crippen molar-refractivity contribution in [3.63, 3.8) is 0 Å². The minimum absolute atomic E-state index is 0.611. The van der Waals surface area contributed by atoms with E-state index in [4.69, 9.17) is 21.5 Å². The van der Waals surface area contributed by atoms with Crippen LogP contribution >= 0.6 is 0 Å². The summed E-state index contributed by atoms with van der Waals surface area (Å²) in [5.41, 5.74) is 13.2. The number of aryl methyl sites for hydroxylation is 1. The van der Waals surface area contributed by atoms with Gasteiger partial charge < -0.3 is 14.4 Å². The van der Waals surface area contributed by atoms with E-state index >= 15 is 0 Å². The van der Waals surface area contributed by atoms with E-state index in [2.05, 4.69) is 234 Å². The normalized spacial score (nSPS) is 11.4. The number of para-hydroxylation sites is 4. The van der Waals surface area contributed by atoms with Gasteiger partial charge >= 0.3 is 0 Å². The lowest BCUT2D eigenvalue weighted by atomic mass is 9.93. The quantitative estimate of drug-likeness (QED) is 0.0902. The fourth-order valence-corrected chi connectivity index (χ4v) is 10.0. The average molecular weight is 925 g/mol. The van der Waals surface area contributed by atoms with Gasteiger partial charge in [-0.25, -0.2) is 15.0 Å². The average Bonchev–Trinajstić information content (AvgIpc) is 3.72. The van der Waals surface area contributed by atoms with Gasteiger partial charge in [0.1, 0.15) is 0 Å². The fourth-order valence-electron chi connectivity index (χ4n) is 10.0. The summed E-state index contributed by atoms with van der Waals surface area (Å²) in [6.45, 7) is 6.96. The zero-order chi connectivity index (χ0) is 48.4. The lowest BCUT2D eigenvalue weighted by Gasteiger charge is -2.25. The van der Waals surface area contributed by atoms with E-state index in [1.807, 2.05) is 48.5 Å². The van der Waals surface area contributed by atoms with Gasteiger partial charge in [0.25, 0.3) is 0 Å². The first kappa shape index (κ1) is 43.6. The van der Waals surface area contributed by atoms with Crippen LogP contribution in [0.15, 0.2) is 267 Å². The standard InChI is InChI=1S/C66H48N6/c1-46(70(50-29-13-5-14-30-50)51-31-15-6-16-32-51)41-43-60-47(2)59-45-54(71(52-33-17-7-18-34-52)53-35-19-8-20-36-53)42-44-61(59)72(60)63-57-39-23-21-37-55(57)62(56-38-22-24-40-58(56)63)66-68-64(48-25-9-3-10-26-48)67-65(69-66)49-27-11-4-12-28-49/h3-45H,1H2,2H3/b43-41-. The Bertz CT molecular complexity index is 3740. The number of allylic oxidation sites excluding steroid dienone is 1. The molecule has 6 nitrogen and oxygen atoms in total. The molecular formula is C66H48N6. The second kappa shape index (κ2) is 19.0. The zero-order valence-corrected chi connectivity index (χ0v) is 39.7. The number of fused-ring (bicyclic) bond motifs is 3. The highest BCUT2D eigenvalue weighted by atomic mass is 15.2. The first-order valence-corrected chi connectivity index (χ1v) is 24.2. The molecule has 0 bridgehead atoms. The molecular weight excluding hydrogens is 877 g/mol. The minimum atomic E-state index is 0.611. The van der Waals surface area contributed by atoms with Gasteiger partial charge in [0.05, 0.1) is 11.2 Å². The third-order valence-corrected chi connectivity index (χ3v) is 13.3. The monoisotopic (exact) mass is 924 g/mol. The van der Waals surface area contributed by atoms with Crippen molar-refractivity contribution in [3.05, 3.63) is 278 Å². The Morgan fingerprint density at radius 1 is 0.417 bits per heavy atom. The molecule has 0 amide bonds. The van der Waals surface area contributed by atoms with Crippen LogP contribution in [0.1, 0.15) is 11.3 Å². The molecule has 0 N–H and O–H groups in total. The molecule has 0 aliphatic heterocycles. The van der Waals surface area contributed by atoms with Crippen LogP contribution in [-0.4, -0.2) is 19.5 Å². The predicted octanol–water partition coefficient (Wildman–Crippen LogP) is 17.3. The molecule has 0 aliphatic rings. The number of hydrogen-bond acceptors (Lipinski definition) is 5. The van der Waals surface area contributed by atoms with Gasteiger partial charge in [0.15, 0.2) is 17.5 Å². The predicted molar refractivity (Wildman–Crippen MR) is 301 cm³/mol. The van der Waals surface area contributed by atoms with Crippen molar-refractivity contribution >= 4 is 67.0 Å².